The lowest BCUT2D eigenvalue weighted by Gasteiger charge is -2.25. The molecule has 3 rings (SSSR count). The molecule has 2 aromatic rings. The Morgan fingerprint density at radius 1 is 1.55 bits per heavy atom. The van der Waals surface area contributed by atoms with Crippen LogP contribution in [0.3, 0.4) is 0 Å². The first-order chi connectivity index (χ1) is 9.66. The maximum atomic E-state index is 6.03. The molecule has 20 heavy (non-hydrogen) atoms. The number of thioether (sulfide) groups is 1. The Morgan fingerprint density at radius 3 is 3.10 bits per heavy atom. The molecular weight excluding hydrogens is 268 g/mol. The van der Waals surface area contributed by atoms with Gasteiger partial charge >= 0.3 is 0 Å². The van der Waals surface area contributed by atoms with Crippen molar-refractivity contribution in [2.75, 3.05) is 23.5 Å². The zero-order valence-electron chi connectivity index (χ0n) is 12.1. The smallest absolute Gasteiger partial charge is 0.151 e. The van der Waals surface area contributed by atoms with Gasteiger partial charge in [-0.2, -0.15) is 11.8 Å². The van der Waals surface area contributed by atoms with Gasteiger partial charge in [-0.25, -0.2) is 4.98 Å². The summed E-state index contributed by atoms with van der Waals surface area (Å²) in [5.74, 6) is 3.55. The first kappa shape index (κ1) is 13.8. The van der Waals surface area contributed by atoms with Crippen LogP contribution in [0.4, 0.5) is 5.82 Å². The number of hydrogen-bond donors (Lipinski definition) is 1. The van der Waals surface area contributed by atoms with Crippen LogP contribution >= 0.6 is 11.8 Å². The van der Waals surface area contributed by atoms with Crippen LogP contribution in [-0.4, -0.2) is 40.0 Å². The molecule has 108 valence electrons. The summed E-state index contributed by atoms with van der Waals surface area (Å²) in [4.78, 5) is 7.19. The number of aromatic nitrogens is 2. The second-order valence-corrected chi connectivity index (χ2v) is 6.77. The van der Waals surface area contributed by atoms with E-state index in [-0.39, 0.29) is 6.04 Å². The van der Waals surface area contributed by atoms with Crippen molar-refractivity contribution in [1.82, 2.24) is 9.38 Å². The zero-order valence-corrected chi connectivity index (χ0v) is 12.9. The van der Waals surface area contributed by atoms with Gasteiger partial charge in [0.25, 0.3) is 0 Å². The second-order valence-electron chi connectivity index (χ2n) is 5.62. The lowest BCUT2D eigenvalue weighted by Crippen LogP contribution is -2.33. The normalized spacial score (nSPS) is 20.4. The summed E-state index contributed by atoms with van der Waals surface area (Å²) in [6.45, 7) is 2.05. The monoisotopic (exact) mass is 290 g/mol. The Hall–Kier alpha value is -1.20. The first-order valence-electron chi connectivity index (χ1n) is 7.19. The molecule has 2 unspecified atom stereocenters. The molecule has 0 bridgehead atoms. The highest BCUT2D eigenvalue weighted by Crippen LogP contribution is 2.29. The molecule has 2 atom stereocenters. The van der Waals surface area contributed by atoms with E-state index in [4.69, 9.17) is 10.7 Å². The summed E-state index contributed by atoms with van der Waals surface area (Å²) in [5, 5.41) is 0. The quantitative estimate of drug-likeness (QED) is 0.937. The summed E-state index contributed by atoms with van der Waals surface area (Å²) in [5.41, 5.74) is 8.27. The van der Waals surface area contributed by atoms with Gasteiger partial charge in [-0.05, 0) is 31.2 Å². The summed E-state index contributed by atoms with van der Waals surface area (Å²) in [7, 11) is 2.17. The first-order valence-corrected chi connectivity index (χ1v) is 8.34. The fraction of sp³-hybridized carbons (Fsp3) is 0.533. The third kappa shape index (κ3) is 2.52. The fourth-order valence-electron chi connectivity index (χ4n) is 2.81. The maximum absolute atomic E-state index is 6.03. The zero-order chi connectivity index (χ0) is 14.1. The molecule has 4 nitrogen and oxygen atoms in total. The maximum Gasteiger partial charge on any atom is 0.151 e. The van der Waals surface area contributed by atoms with Crippen molar-refractivity contribution >= 4 is 23.2 Å². The van der Waals surface area contributed by atoms with E-state index in [1.807, 2.05) is 17.8 Å². The third-order valence-corrected chi connectivity index (χ3v) is 5.06. The van der Waals surface area contributed by atoms with Crippen LogP contribution < -0.4 is 10.6 Å². The van der Waals surface area contributed by atoms with Crippen LogP contribution in [0.1, 0.15) is 19.0 Å². The number of hydrogen-bond acceptors (Lipinski definition) is 4. The van der Waals surface area contributed by atoms with E-state index in [1.54, 1.807) is 0 Å². The van der Waals surface area contributed by atoms with Crippen molar-refractivity contribution in [2.45, 2.75) is 31.8 Å². The van der Waals surface area contributed by atoms with E-state index < -0.39 is 0 Å². The van der Waals surface area contributed by atoms with E-state index in [9.17, 15) is 0 Å². The van der Waals surface area contributed by atoms with Gasteiger partial charge in [0.2, 0.25) is 0 Å². The molecule has 1 fully saturated rings. The van der Waals surface area contributed by atoms with Gasteiger partial charge in [0, 0.05) is 37.5 Å². The number of nitrogens with zero attached hydrogens (tertiary/aromatic N) is 3. The molecule has 2 N–H and O–H groups in total. The number of fused-ring (bicyclic) bond motifs is 1. The predicted molar refractivity (Wildman–Crippen MR) is 86.7 cm³/mol. The van der Waals surface area contributed by atoms with Gasteiger partial charge in [-0.1, -0.05) is 6.07 Å². The number of imidazole rings is 1. The van der Waals surface area contributed by atoms with Crippen molar-refractivity contribution in [3.05, 3.63) is 30.1 Å². The van der Waals surface area contributed by atoms with Gasteiger partial charge in [0.1, 0.15) is 5.65 Å². The van der Waals surface area contributed by atoms with Crippen LogP contribution in [0, 0.1) is 0 Å². The molecule has 0 spiro atoms. The van der Waals surface area contributed by atoms with Gasteiger partial charge in [0.05, 0.1) is 5.69 Å². The summed E-state index contributed by atoms with van der Waals surface area (Å²) in [6.07, 6.45) is 4.18. The molecular formula is C15H22N4S. The standard InChI is InChI=1S/C15H22N4S/c1-11(16)9-13-15(18(2)12-6-8-20-10-12)17-14-5-3-4-7-19(13)14/h3-5,7,11-12H,6,8-10,16H2,1-2H3. The van der Waals surface area contributed by atoms with Crippen LogP contribution in [0.25, 0.3) is 5.65 Å². The van der Waals surface area contributed by atoms with E-state index in [2.05, 4.69) is 41.6 Å². The molecule has 1 aliphatic rings. The fourth-order valence-corrected chi connectivity index (χ4v) is 4.08. The van der Waals surface area contributed by atoms with Crippen molar-refractivity contribution in [2.24, 2.45) is 5.73 Å². The summed E-state index contributed by atoms with van der Waals surface area (Å²) in [6, 6.07) is 6.88. The highest BCUT2D eigenvalue weighted by Gasteiger charge is 2.25. The highest BCUT2D eigenvalue weighted by atomic mass is 32.2. The molecule has 1 saturated heterocycles. The number of nitrogens with two attached hydrogens (primary N) is 1. The number of anilines is 1. The molecule has 0 aliphatic carbocycles. The van der Waals surface area contributed by atoms with Crippen LogP contribution in [-0.2, 0) is 6.42 Å². The van der Waals surface area contributed by atoms with E-state index >= 15 is 0 Å². The Morgan fingerprint density at radius 2 is 2.40 bits per heavy atom. The second kappa shape index (κ2) is 5.66. The Bertz CT molecular complexity index is 587. The molecule has 0 saturated carbocycles. The molecule has 5 heteroatoms. The summed E-state index contributed by atoms with van der Waals surface area (Å²) < 4.78 is 2.18. The minimum Gasteiger partial charge on any atom is -0.354 e. The predicted octanol–water partition coefficient (Wildman–Crippen LogP) is 2.17. The summed E-state index contributed by atoms with van der Waals surface area (Å²) >= 11 is 2.03. The minimum atomic E-state index is 0.139. The number of rotatable bonds is 4. The van der Waals surface area contributed by atoms with Gasteiger partial charge in [0.15, 0.2) is 5.82 Å². The van der Waals surface area contributed by atoms with Crippen LogP contribution in [0.15, 0.2) is 24.4 Å². The third-order valence-electron chi connectivity index (χ3n) is 3.91. The van der Waals surface area contributed by atoms with Crippen molar-refractivity contribution in [3.63, 3.8) is 0 Å². The Balaban J connectivity index is 2.03. The van der Waals surface area contributed by atoms with Crippen molar-refractivity contribution in [3.8, 4) is 0 Å². The molecule has 0 amide bonds. The van der Waals surface area contributed by atoms with Crippen molar-refractivity contribution in [1.29, 1.82) is 0 Å². The van der Waals surface area contributed by atoms with Gasteiger partial charge in [-0.3, -0.25) is 0 Å². The molecule has 0 aromatic carbocycles. The largest absolute Gasteiger partial charge is 0.354 e. The van der Waals surface area contributed by atoms with Gasteiger partial charge < -0.3 is 15.0 Å². The minimum absolute atomic E-state index is 0.139. The topological polar surface area (TPSA) is 46.6 Å². The number of pyridine rings is 1. The average Bonchev–Trinajstić information content (AvgIpc) is 3.06. The lowest BCUT2D eigenvalue weighted by molar-refractivity contribution is 0.674. The molecule has 2 aromatic heterocycles. The highest BCUT2D eigenvalue weighted by molar-refractivity contribution is 7.99. The van der Waals surface area contributed by atoms with E-state index in [0.29, 0.717) is 6.04 Å². The SMILES string of the molecule is CC(N)Cc1c(N(C)C2CCSC2)nc2ccccn12. The Kier molecular flexibility index (Phi) is 3.89. The van der Waals surface area contributed by atoms with E-state index in [0.717, 1.165) is 17.9 Å². The van der Waals surface area contributed by atoms with Crippen LogP contribution in [0.5, 0.6) is 0 Å². The van der Waals surface area contributed by atoms with Crippen LogP contribution in [0.2, 0.25) is 0 Å². The molecule has 1 aliphatic heterocycles. The van der Waals surface area contributed by atoms with E-state index in [1.165, 1.54) is 23.6 Å². The lowest BCUT2D eigenvalue weighted by atomic mass is 10.1. The molecule has 3 heterocycles. The molecule has 0 radical (unpaired) electrons. The Labute approximate surface area is 124 Å². The van der Waals surface area contributed by atoms with Gasteiger partial charge in [-0.15, -0.1) is 0 Å². The van der Waals surface area contributed by atoms with Crippen molar-refractivity contribution < 1.29 is 0 Å². The average molecular weight is 290 g/mol.